The number of hydrogen-bond acceptors (Lipinski definition) is 5. The van der Waals surface area contributed by atoms with E-state index in [1.807, 2.05) is 13.0 Å². The van der Waals surface area contributed by atoms with Crippen LogP contribution in [-0.4, -0.2) is 28.9 Å². The lowest BCUT2D eigenvalue weighted by atomic mass is 10.3. The Labute approximate surface area is 92.1 Å². The number of nitrogens with two attached hydrogens (primary N) is 1. The van der Waals surface area contributed by atoms with Gasteiger partial charge in [-0.25, -0.2) is 4.98 Å². The summed E-state index contributed by atoms with van der Waals surface area (Å²) in [5.74, 6) is -0.166. The molecule has 2 N–H and O–H groups in total. The first-order chi connectivity index (χ1) is 7.19. The van der Waals surface area contributed by atoms with Gasteiger partial charge in [0.15, 0.2) is 5.13 Å². The van der Waals surface area contributed by atoms with Crippen molar-refractivity contribution < 1.29 is 4.79 Å². The first kappa shape index (κ1) is 11.5. The quantitative estimate of drug-likeness (QED) is 0.830. The lowest BCUT2D eigenvalue weighted by Crippen LogP contribution is -2.31. The highest BCUT2D eigenvalue weighted by Gasteiger charge is 2.16. The highest BCUT2D eigenvalue weighted by molar-refractivity contribution is 7.13. The maximum Gasteiger partial charge on any atom is 0.273 e. The van der Waals surface area contributed by atoms with E-state index in [1.165, 1.54) is 11.3 Å². The molecule has 6 heteroatoms. The Balaban J connectivity index is 2.69. The van der Waals surface area contributed by atoms with Gasteiger partial charge in [0.25, 0.3) is 5.91 Å². The summed E-state index contributed by atoms with van der Waals surface area (Å²) in [6.45, 7) is 2.87. The average molecular weight is 224 g/mol. The largest absolute Gasteiger partial charge is 0.375 e. The molecule has 0 aliphatic heterocycles. The SMILES string of the molecule is CCN(CCC#N)C(=O)c1csc(N)n1. The minimum atomic E-state index is -0.166. The molecule has 0 aromatic carbocycles. The normalized spacial score (nSPS) is 9.60. The predicted molar refractivity (Wildman–Crippen MR) is 58.3 cm³/mol. The second-order valence-electron chi connectivity index (χ2n) is 2.86. The van der Waals surface area contributed by atoms with Crippen molar-refractivity contribution in [3.05, 3.63) is 11.1 Å². The van der Waals surface area contributed by atoms with Crippen molar-refractivity contribution in [3.8, 4) is 6.07 Å². The lowest BCUT2D eigenvalue weighted by Gasteiger charge is -2.17. The topological polar surface area (TPSA) is 83.0 Å². The van der Waals surface area contributed by atoms with Crippen LogP contribution in [0.15, 0.2) is 5.38 Å². The summed E-state index contributed by atoms with van der Waals surface area (Å²) < 4.78 is 0. The van der Waals surface area contributed by atoms with E-state index in [0.717, 1.165) is 0 Å². The molecule has 15 heavy (non-hydrogen) atoms. The minimum Gasteiger partial charge on any atom is -0.375 e. The van der Waals surface area contributed by atoms with Gasteiger partial charge in [-0.3, -0.25) is 4.79 Å². The molecule has 5 nitrogen and oxygen atoms in total. The number of nitrogen functional groups attached to an aromatic ring is 1. The van der Waals surface area contributed by atoms with Crippen molar-refractivity contribution in [1.82, 2.24) is 9.88 Å². The van der Waals surface area contributed by atoms with Crippen LogP contribution in [0.1, 0.15) is 23.8 Å². The molecular formula is C9H12N4OS. The average Bonchev–Trinajstić information content (AvgIpc) is 2.65. The molecule has 0 aliphatic carbocycles. The number of nitriles is 1. The zero-order valence-corrected chi connectivity index (χ0v) is 9.25. The van der Waals surface area contributed by atoms with Crippen molar-refractivity contribution in [2.24, 2.45) is 0 Å². The Morgan fingerprint density at radius 1 is 1.80 bits per heavy atom. The van der Waals surface area contributed by atoms with Crippen LogP contribution in [0.4, 0.5) is 5.13 Å². The molecule has 0 atom stereocenters. The van der Waals surface area contributed by atoms with E-state index in [9.17, 15) is 4.79 Å². The second kappa shape index (κ2) is 5.32. The number of anilines is 1. The fraction of sp³-hybridized carbons (Fsp3) is 0.444. The molecule has 1 aromatic heterocycles. The van der Waals surface area contributed by atoms with E-state index in [1.54, 1.807) is 10.3 Å². The Morgan fingerprint density at radius 2 is 2.53 bits per heavy atom. The van der Waals surface area contributed by atoms with Gasteiger partial charge in [0.05, 0.1) is 12.5 Å². The van der Waals surface area contributed by atoms with Crippen LogP contribution in [0.5, 0.6) is 0 Å². The predicted octanol–water partition coefficient (Wildman–Crippen LogP) is 1.10. The Bertz CT molecular complexity index is 382. The van der Waals surface area contributed by atoms with E-state index >= 15 is 0 Å². The first-order valence-electron chi connectivity index (χ1n) is 4.56. The van der Waals surface area contributed by atoms with Gasteiger partial charge in [0.1, 0.15) is 5.69 Å². The molecule has 0 unspecified atom stereocenters. The van der Waals surface area contributed by atoms with Crippen LogP contribution in [0, 0.1) is 11.3 Å². The van der Waals surface area contributed by atoms with Gasteiger partial charge < -0.3 is 10.6 Å². The molecule has 1 aromatic rings. The van der Waals surface area contributed by atoms with E-state index < -0.39 is 0 Å². The van der Waals surface area contributed by atoms with E-state index in [-0.39, 0.29) is 5.91 Å². The second-order valence-corrected chi connectivity index (χ2v) is 3.75. The Kier molecular flexibility index (Phi) is 4.06. The van der Waals surface area contributed by atoms with Crippen LogP contribution in [-0.2, 0) is 0 Å². The van der Waals surface area contributed by atoms with Gasteiger partial charge >= 0.3 is 0 Å². The number of amides is 1. The highest BCUT2D eigenvalue weighted by atomic mass is 32.1. The molecule has 0 saturated carbocycles. The third kappa shape index (κ3) is 2.92. The highest BCUT2D eigenvalue weighted by Crippen LogP contribution is 2.13. The minimum absolute atomic E-state index is 0.166. The number of thiazole rings is 1. The number of nitrogens with zero attached hydrogens (tertiary/aromatic N) is 3. The molecule has 1 rings (SSSR count). The summed E-state index contributed by atoms with van der Waals surface area (Å²) in [5, 5.41) is 10.5. The molecule has 0 bridgehead atoms. The van der Waals surface area contributed by atoms with E-state index in [0.29, 0.717) is 30.3 Å². The summed E-state index contributed by atoms with van der Waals surface area (Å²) in [7, 11) is 0. The van der Waals surface area contributed by atoms with Gasteiger partial charge in [0, 0.05) is 18.5 Å². The summed E-state index contributed by atoms with van der Waals surface area (Å²) in [6, 6.07) is 2.01. The van der Waals surface area contributed by atoms with Gasteiger partial charge in [-0.2, -0.15) is 5.26 Å². The molecule has 0 radical (unpaired) electrons. The maximum atomic E-state index is 11.8. The Morgan fingerprint density at radius 3 is 3.00 bits per heavy atom. The molecule has 0 fully saturated rings. The number of hydrogen-bond donors (Lipinski definition) is 1. The van der Waals surface area contributed by atoms with Crippen molar-refractivity contribution in [2.75, 3.05) is 18.8 Å². The van der Waals surface area contributed by atoms with E-state index in [2.05, 4.69) is 4.98 Å². The van der Waals surface area contributed by atoms with Gasteiger partial charge in [-0.1, -0.05) is 0 Å². The summed E-state index contributed by atoms with van der Waals surface area (Å²) in [5.41, 5.74) is 5.80. The fourth-order valence-corrected chi connectivity index (χ4v) is 1.67. The third-order valence-electron chi connectivity index (χ3n) is 1.90. The van der Waals surface area contributed by atoms with Crippen LogP contribution in [0.2, 0.25) is 0 Å². The zero-order valence-electron chi connectivity index (χ0n) is 8.43. The zero-order chi connectivity index (χ0) is 11.3. The van der Waals surface area contributed by atoms with Gasteiger partial charge in [-0.15, -0.1) is 11.3 Å². The van der Waals surface area contributed by atoms with Crippen molar-refractivity contribution in [3.63, 3.8) is 0 Å². The molecule has 0 saturated heterocycles. The standard InChI is InChI=1S/C9H12N4OS/c1-2-13(5-3-4-10)8(14)7-6-15-9(11)12-7/h6H,2-3,5H2,1H3,(H2,11,12). The van der Waals surface area contributed by atoms with Crippen molar-refractivity contribution >= 4 is 22.4 Å². The number of carbonyl (C=O) groups excluding carboxylic acids is 1. The van der Waals surface area contributed by atoms with E-state index in [4.69, 9.17) is 11.0 Å². The van der Waals surface area contributed by atoms with Crippen LogP contribution >= 0.6 is 11.3 Å². The smallest absolute Gasteiger partial charge is 0.273 e. The van der Waals surface area contributed by atoms with Gasteiger partial charge in [-0.05, 0) is 6.92 Å². The van der Waals surface area contributed by atoms with Crippen molar-refractivity contribution in [1.29, 1.82) is 5.26 Å². The van der Waals surface area contributed by atoms with Gasteiger partial charge in [0.2, 0.25) is 0 Å². The molecule has 0 aliphatic rings. The summed E-state index contributed by atoms with van der Waals surface area (Å²) in [6.07, 6.45) is 0.333. The fourth-order valence-electron chi connectivity index (χ4n) is 1.14. The van der Waals surface area contributed by atoms with Crippen LogP contribution in [0.3, 0.4) is 0 Å². The number of carbonyl (C=O) groups is 1. The third-order valence-corrected chi connectivity index (χ3v) is 2.58. The number of aromatic nitrogens is 1. The molecule has 1 heterocycles. The molecule has 0 spiro atoms. The number of rotatable bonds is 4. The lowest BCUT2D eigenvalue weighted by molar-refractivity contribution is 0.0763. The maximum absolute atomic E-state index is 11.8. The van der Waals surface area contributed by atoms with Crippen LogP contribution in [0.25, 0.3) is 0 Å². The van der Waals surface area contributed by atoms with Crippen LogP contribution < -0.4 is 5.73 Å². The molecule has 1 amide bonds. The summed E-state index contributed by atoms with van der Waals surface area (Å²) in [4.78, 5) is 17.3. The monoisotopic (exact) mass is 224 g/mol. The first-order valence-corrected chi connectivity index (χ1v) is 5.44. The Hall–Kier alpha value is -1.61. The molecular weight excluding hydrogens is 212 g/mol. The van der Waals surface area contributed by atoms with Crippen molar-refractivity contribution in [2.45, 2.75) is 13.3 Å². The molecule has 80 valence electrons. The summed E-state index contributed by atoms with van der Waals surface area (Å²) >= 11 is 1.24.